The highest BCUT2D eigenvalue weighted by molar-refractivity contribution is 5.95. The first-order valence-corrected chi connectivity index (χ1v) is 9.46. The molecule has 0 bridgehead atoms. The molecule has 0 radical (unpaired) electrons. The van der Waals surface area contributed by atoms with E-state index >= 15 is 0 Å². The van der Waals surface area contributed by atoms with E-state index in [1.807, 2.05) is 18.3 Å². The zero-order valence-electron chi connectivity index (χ0n) is 16.7. The third-order valence-corrected chi connectivity index (χ3v) is 4.56. The zero-order valence-corrected chi connectivity index (χ0v) is 16.7. The minimum Gasteiger partial charge on any atom is -0.361 e. The van der Waals surface area contributed by atoms with Crippen molar-refractivity contribution < 1.29 is 4.79 Å². The highest BCUT2D eigenvalue weighted by atomic mass is 16.1. The van der Waals surface area contributed by atoms with Gasteiger partial charge in [-0.3, -0.25) is 9.79 Å². The molecule has 0 atom stereocenters. The largest absolute Gasteiger partial charge is 0.361 e. The van der Waals surface area contributed by atoms with Gasteiger partial charge in [0.05, 0.1) is 6.54 Å². The van der Waals surface area contributed by atoms with Crippen molar-refractivity contribution in [2.75, 3.05) is 25.5 Å². The maximum atomic E-state index is 12.2. The number of benzene rings is 2. The second-order valence-corrected chi connectivity index (χ2v) is 6.74. The first-order chi connectivity index (χ1) is 14.1. The molecule has 0 aliphatic rings. The van der Waals surface area contributed by atoms with E-state index in [-0.39, 0.29) is 12.5 Å². The van der Waals surface area contributed by atoms with E-state index in [1.165, 1.54) is 16.5 Å². The van der Waals surface area contributed by atoms with E-state index < -0.39 is 0 Å². The number of hydrogen-bond donors (Lipinski definition) is 4. The summed E-state index contributed by atoms with van der Waals surface area (Å²) in [5.74, 6) is 2.96. The van der Waals surface area contributed by atoms with Gasteiger partial charge in [0.1, 0.15) is 0 Å². The molecule has 0 fully saturated rings. The van der Waals surface area contributed by atoms with E-state index in [4.69, 9.17) is 6.42 Å². The lowest BCUT2D eigenvalue weighted by molar-refractivity contribution is -0.115. The molecular formula is C23H25N5O. The van der Waals surface area contributed by atoms with Crippen LogP contribution < -0.4 is 16.0 Å². The quantitative estimate of drug-likeness (QED) is 0.298. The van der Waals surface area contributed by atoms with Gasteiger partial charge in [-0.2, -0.15) is 0 Å². The smallest absolute Gasteiger partial charge is 0.243 e. The first kappa shape index (κ1) is 20.0. The number of anilines is 1. The van der Waals surface area contributed by atoms with Gasteiger partial charge in [0.25, 0.3) is 0 Å². The molecule has 3 rings (SSSR count). The molecule has 1 heterocycles. The fraction of sp³-hybridized carbons (Fsp3) is 0.217. The first-order valence-electron chi connectivity index (χ1n) is 9.46. The predicted molar refractivity (Wildman–Crippen MR) is 119 cm³/mol. The summed E-state index contributed by atoms with van der Waals surface area (Å²) in [7, 11) is 1.68. The Balaban J connectivity index is 1.46. The van der Waals surface area contributed by atoms with Gasteiger partial charge < -0.3 is 20.9 Å². The van der Waals surface area contributed by atoms with E-state index in [9.17, 15) is 4.79 Å². The summed E-state index contributed by atoms with van der Waals surface area (Å²) in [4.78, 5) is 19.6. The Bertz CT molecular complexity index is 1070. The van der Waals surface area contributed by atoms with Crippen LogP contribution in [0.4, 0.5) is 5.69 Å². The lowest BCUT2D eigenvalue weighted by Gasteiger charge is -2.12. The van der Waals surface area contributed by atoms with Gasteiger partial charge in [0, 0.05) is 41.9 Å². The van der Waals surface area contributed by atoms with Crippen LogP contribution in [-0.4, -0.2) is 37.0 Å². The van der Waals surface area contributed by atoms with Crippen LogP contribution >= 0.6 is 0 Å². The van der Waals surface area contributed by atoms with E-state index in [2.05, 4.69) is 57.0 Å². The van der Waals surface area contributed by atoms with Crippen LogP contribution in [-0.2, 0) is 11.2 Å². The molecule has 29 heavy (non-hydrogen) atoms. The standard InChI is InChI=1S/C23H25N5O/c1-4-17-6-5-7-19(13-17)28-22(29)15-27-23(24-3)25-11-10-18-14-26-21-12-16(2)8-9-20(18)21/h1,5-9,12-14,26H,10-11,15H2,2-3H3,(H,28,29)(H2,24,25,27). The zero-order chi connectivity index (χ0) is 20.6. The molecule has 3 aromatic rings. The molecule has 0 saturated carbocycles. The van der Waals surface area contributed by atoms with Crippen molar-refractivity contribution in [2.45, 2.75) is 13.3 Å². The summed E-state index contributed by atoms with van der Waals surface area (Å²) in [5.41, 5.74) is 5.02. The highest BCUT2D eigenvalue weighted by Crippen LogP contribution is 2.19. The number of nitrogens with one attached hydrogen (secondary N) is 4. The number of amides is 1. The third kappa shape index (κ3) is 5.39. The topological polar surface area (TPSA) is 81.3 Å². The minimum atomic E-state index is -0.172. The molecule has 0 saturated heterocycles. The Labute approximate surface area is 170 Å². The van der Waals surface area contributed by atoms with Crippen molar-refractivity contribution >= 4 is 28.5 Å². The van der Waals surface area contributed by atoms with Gasteiger partial charge in [-0.15, -0.1) is 6.42 Å². The number of fused-ring (bicyclic) bond motifs is 1. The molecule has 6 heteroatoms. The lowest BCUT2D eigenvalue weighted by Crippen LogP contribution is -2.42. The maximum absolute atomic E-state index is 12.2. The number of hydrogen-bond acceptors (Lipinski definition) is 2. The summed E-state index contributed by atoms with van der Waals surface area (Å²) in [6, 6.07) is 13.6. The van der Waals surface area contributed by atoms with Gasteiger partial charge in [0.15, 0.2) is 5.96 Å². The minimum absolute atomic E-state index is 0.103. The monoisotopic (exact) mass is 387 g/mol. The highest BCUT2D eigenvalue weighted by Gasteiger charge is 2.06. The molecule has 0 aliphatic heterocycles. The molecule has 2 aromatic carbocycles. The van der Waals surface area contributed by atoms with Gasteiger partial charge in [-0.25, -0.2) is 0 Å². The fourth-order valence-corrected chi connectivity index (χ4v) is 3.10. The number of aryl methyl sites for hydroxylation is 1. The number of carbonyl (C=O) groups excluding carboxylic acids is 1. The number of aromatic amines is 1. The Morgan fingerprint density at radius 1 is 1.21 bits per heavy atom. The van der Waals surface area contributed by atoms with Crippen LogP contribution in [0.2, 0.25) is 0 Å². The van der Waals surface area contributed by atoms with Crippen LogP contribution in [0.3, 0.4) is 0 Å². The summed E-state index contributed by atoms with van der Waals surface area (Å²) in [5, 5.41) is 10.3. The average molecular weight is 387 g/mol. The number of carbonyl (C=O) groups is 1. The maximum Gasteiger partial charge on any atom is 0.243 e. The second kappa shape index (κ2) is 9.47. The number of H-pyrrole nitrogens is 1. The normalized spacial score (nSPS) is 11.1. The van der Waals surface area contributed by atoms with Gasteiger partial charge >= 0.3 is 0 Å². The van der Waals surface area contributed by atoms with Crippen molar-refractivity contribution in [3.05, 3.63) is 65.4 Å². The average Bonchev–Trinajstić information content (AvgIpc) is 3.12. The molecule has 0 unspecified atom stereocenters. The summed E-state index contributed by atoms with van der Waals surface area (Å²) < 4.78 is 0. The molecule has 148 valence electrons. The summed E-state index contributed by atoms with van der Waals surface area (Å²) in [6.07, 6.45) is 8.27. The van der Waals surface area contributed by atoms with Crippen LogP contribution in [0.5, 0.6) is 0 Å². The van der Waals surface area contributed by atoms with E-state index in [1.54, 1.807) is 19.2 Å². The lowest BCUT2D eigenvalue weighted by atomic mass is 10.1. The molecule has 0 spiro atoms. The molecule has 1 aromatic heterocycles. The van der Waals surface area contributed by atoms with Crippen molar-refractivity contribution in [1.29, 1.82) is 0 Å². The number of nitrogens with zero attached hydrogens (tertiary/aromatic N) is 1. The van der Waals surface area contributed by atoms with Crippen molar-refractivity contribution in [2.24, 2.45) is 4.99 Å². The fourth-order valence-electron chi connectivity index (χ4n) is 3.10. The third-order valence-electron chi connectivity index (χ3n) is 4.56. The van der Waals surface area contributed by atoms with Crippen molar-refractivity contribution in [3.63, 3.8) is 0 Å². The van der Waals surface area contributed by atoms with Crippen molar-refractivity contribution in [1.82, 2.24) is 15.6 Å². The Morgan fingerprint density at radius 3 is 2.86 bits per heavy atom. The molecule has 6 nitrogen and oxygen atoms in total. The SMILES string of the molecule is C#Cc1cccc(NC(=O)CNC(=NC)NCCc2c[nH]c3cc(C)ccc23)c1. The number of rotatable bonds is 6. The van der Waals surface area contributed by atoms with Gasteiger partial charge in [0.2, 0.25) is 5.91 Å². The Kier molecular flexibility index (Phi) is 6.54. The Morgan fingerprint density at radius 2 is 2.07 bits per heavy atom. The number of terminal acetylenes is 1. The van der Waals surface area contributed by atoms with Gasteiger partial charge in [-0.05, 0) is 48.7 Å². The summed E-state index contributed by atoms with van der Waals surface area (Å²) in [6.45, 7) is 2.89. The molecule has 4 N–H and O–H groups in total. The summed E-state index contributed by atoms with van der Waals surface area (Å²) >= 11 is 0. The molecule has 1 amide bonds. The Hall–Kier alpha value is -3.72. The number of aliphatic imine (C=N–C) groups is 1. The van der Waals surface area contributed by atoms with Crippen LogP contribution in [0.25, 0.3) is 10.9 Å². The van der Waals surface area contributed by atoms with Crippen molar-refractivity contribution in [3.8, 4) is 12.3 Å². The number of guanidine groups is 1. The van der Waals surface area contributed by atoms with Crippen LogP contribution in [0, 0.1) is 19.3 Å². The van der Waals surface area contributed by atoms with E-state index in [0.29, 0.717) is 18.2 Å². The van der Waals surface area contributed by atoms with Crippen LogP contribution in [0.15, 0.2) is 53.7 Å². The molecular weight excluding hydrogens is 362 g/mol. The predicted octanol–water partition coefficient (Wildman–Crippen LogP) is 2.80. The molecule has 0 aliphatic carbocycles. The second-order valence-electron chi connectivity index (χ2n) is 6.74. The van der Waals surface area contributed by atoms with Crippen LogP contribution in [0.1, 0.15) is 16.7 Å². The van der Waals surface area contributed by atoms with Gasteiger partial charge in [-0.1, -0.05) is 24.1 Å². The van der Waals surface area contributed by atoms with E-state index in [0.717, 1.165) is 17.5 Å². The number of aromatic nitrogens is 1.